The van der Waals surface area contributed by atoms with E-state index in [9.17, 15) is 4.39 Å². The van der Waals surface area contributed by atoms with Crippen molar-refractivity contribution in [2.45, 2.75) is 25.3 Å². The van der Waals surface area contributed by atoms with E-state index in [1.54, 1.807) is 19.2 Å². The highest BCUT2D eigenvalue weighted by molar-refractivity contribution is 6.30. The van der Waals surface area contributed by atoms with Crippen molar-refractivity contribution in [2.24, 2.45) is 5.84 Å². The first kappa shape index (κ1) is 14.4. The van der Waals surface area contributed by atoms with Crippen LogP contribution in [-0.4, -0.2) is 19.8 Å². The predicted molar refractivity (Wildman–Crippen MR) is 67.3 cm³/mol. The molecule has 3 nitrogen and oxygen atoms in total. The topological polar surface area (TPSA) is 47.3 Å². The van der Waals surface area contributed by atoms with Crippen molar-refractivity contribution in [3.05, 3.63) is 34.6 Å². The van der Waals surface area contributed by atoms with Gasteiger partial charge in [-0.1, -0.05) is 23.7 Å². The zero-order chi connectivity index (χ0) is 12.7. The molecule has 5 heteroatoms. The summed E-state index contributed by atoms with van der Waals surface area (Å²) in [6.07, 6.45) is 2.23. The molecule has 3 N–H and O–H groups in total. The summed E-state index contributed by atoms with van der Waals surface area (Å²) in [5.74, 6) is 5.08. The summed E-state index contributed by atoms with van der Waals surface area (Å²) in [5, 5.41) is 0.148. The second kappa shape index (κ2) is 7.61. The third kappa shape index (κ3) is 4.60. The van der Waals surface area contributed by atoms with Crippen LogP contribution in [0.4, 0.5) is 4.39 Å². The van der Waals surface area contributed by atoms with E-state index < -0.39 is 0 Å². The summed E-state index contributed by atoms with van der Waals surface area (Å²) in [6, 6.07) is 5.03. The molecule has 1 unspecified atom stereocenters. The third-order valence-corrected chi connectivity index (χ3v) is 2.93. The molecule has 0 spiro atoms. The molecule has 96 valence electrons. The fraction of sp³-hybridized carbons (Fsp3) is 0.500. The Balaban J connectivity index is 2.57. The van der Waals surface area contributed by atoms with Crippen LogP contribution in [0.2, 0.25) is 5.02 Å². The molecule has 0 heterocycles. The van der Waals surface area contributed by atoms with Gasteiger partial charge in [0, 0.05) is 19.8 Å². The number of ether oxygens (including phenoxy) is 1. The Labute approximate surface area is 106 Å². The third-order valence-electron chi connectivity index (χ3n) is 2.63. The van der Waals surface area contributed by atoms with Crippen LogP contribution in [0.1, 0.15) is 18.4 Å². The maximum absolute atomic E-state index is 13.7. The molecule has 0 saturated heterocycles. The number of benzene rings is 1. The van der Waals surface area contributed by atoms with Gasteiger partial charge in [0.25, 0.3) is 0 Å². The summed E-state index contributed by atoms with van der Waals surface area (Å²) in [5.41, 5.74) is 3.27. The first-order valence-corrected chi connectivity index (χ1v) is 5.94. The summed E-state index contributed by atoms with van der Waals surface area (Å²) in [4.78, 5) is 0. The van der Waals surface area contributed by atoms with Gasteiger partial charge in [0.05, 0.1) is 5.02 Å². The number of halogens is 2. The van der Waals surface area contributed by atoms with Crippen LogP contribution in [0.5, 0.6) is 0 Å². The quantitative estimate of drug-likeness (QED) is 0.449. The van der Waals surface area contributed by atoms with Crippen LogP contribution < -0.4 is 11.3 Å². The van der Waals surface area contributed by atoms with Gasteiger partial charge >= 0.3 is 0 Å². The van der Waals surface area contributed by atoms with Gasteiger partial charge in [-0.25, -0.2) is 4.39 Å². The summed E-state index contributed by atoms with van der Waals surface area (Å²) < 4.78 is 18.6. The van der Waals surface area contributed by atoms with Gasteiger partial charge in [0.1, 0.15) is 5.82 Å². The molecular formula is C12H18ClFN2O. The molecule has 1 atom stereocenters. The Morgan fingerprint density at radius 2 is 2.29 bits per heavy atom. The largest absolute Gasteiger partial charge is 0.385 e. The van der Waals surface area contributed by atoms with E-state index >= 15 is 0 Å². The highest BCUT2D eigenvalue weighted by atomic mass is 35.5. The van der Waals surface area contributed by atoms with Crippen LogP contribution in [0.15, 0.2) is 18.2 Å². The molecule has 0 amide bonds. The van der Waals surface area contributed by atoms with E-state index in [4.69, 9.17) is 22.2 Å². The Kier molecular flexibility index (Phi) is 6.44. The molecule has 0 radical (unpaired) electrons. The highest BCUT2D eigenvalue weighted by Gasteiger charge is 2.12. The van der Waals surface area contributed by atoms with E-state index in [-0.39, 0.29) is 16.9 Å². The van der Waals surface area contributed by atoms with Gasteiger partial charge < -0.3 is 4.74 Å². The molecule has 17 heavy (non-hydrogen) atoms. The van der Waals surface area contributed by atoms with Gasteiger partial charge in [-0.2, -0.15) is 0 Å². The Morgan fingerprint density at radius 3 is 2.94 bits per heavy atom. The minimum Gasteiger partial charge on any atom is -0.385 e. The molecular weight excluding hydrogens is 243 g/mol. The number of rotatable bonds is 7. The smallest absolute Gasteiger partial charge is 0.145 e. The van der Waals surface area contributed by atoms with Crippen LogP contribution in [0.25, 0.3) is 0 Å². The van der Waals surface area contributed by atoms with Crippen molar-refractivity contribution in [1.29, 1.82) is 0 Å². The number of hydrazine groups is 1. The van der Waals surface area contributed by atoms with E-state index in [0.717, 1.165) is 12.8 Å². The predicted octanol–water partition coefficient (Wildman–Crippen LogP) is 2.28. The van der Waals surface area contributed by atoms with Crippen LogP contribution >= 0.6 is 11.6 Å². The minimum atomic E-state index is -0.360. The zero-order valence-electron chi connectivity index (χ0n) is 9.88. The molecule has 0 aliphatic carbocycles. The average molecular weight is 261 g/mol. The minimum absolute atomic E-state index is 0.0260. The van der Waals surface area contributed by atoms with Crippen molar-refractivity contribution >= 4 is 11.6 Å². The number of methoxy groups -OCH3 is 1. The van der Waals surface area contributed by atoms with Crippen LogP contribution in [-0.2, 0) is 11.2 Å². The monoisotopic (exact) mass is 260 g/mol. The maximum Gasteiger partial charge on any atom is 0.145 e. The van der Waals surface area contributed by atoms with Gasteiger partial charge in [-0.3, -0.25) is 11.3 Å². The van der Waals surface area contributed by atoms with Crippen molar-refractivity contribution < 1.29 is 9.13 Å². The van der Waals surface area contributed by atoms with Gasteiger partial charge in [-0.15, -0.1) is 0 Å². The fourth-order valence-electron chi connectivity index (χ4n) is 1.69. The number of nitrogens with one attached hydrogen (secondary N) is 1. The number of hydrogen-bond acceptors (Lipinski definition) is 3. The summed E-state index contributed by atoms with van der Waals surface area (Å²) in [7, 11) is 1.65. The van der Waals surface area contributed by atoms with Crippen molar-refractivity contribution in [1.82, 2.24) is 5.43 Å². The second-order valence-electron chi connectivity index (χ2n) is 3.92. The van der Waals surface area contributed by atoms with E-state index in [1.165, 1.54) is 6.07 Å². The normalized spacial score (nSPS) is 12.7. The summed E-state index contributed by atoms with van der Waals surface area (Å²) >= 11 is 5.72. The molecule has 1 aromatic carbocycles. The SMILES string of the molecule is COCCCC(Cc1cccc(Cl)c1F)NN. The van der Waals surface area contributed by atoms with Crippen LogP contribution in [0, 0.1) is 5.82 Å². The molecule has 1 rings (SSSR count). The fourth-order valence-corrected chi connectivity index (χ4v) is 1.88. The molecule has 0 aromatic heterocycles. The standard InChI is InChI=1S/C12H18ClFN2O/c1-17-7-3-5-10(16-15)8-9-4-2-6-11(13)12(9)14/h2,4,6,10,16H,3,5,7-8,15H2,1H3. The van der Waals surface area contributed by atoms with E-state index in [2.05, 4.69) is 5.43 Å². The Morgan fingerprint density at radius 1 is 1.53 bits per heavy atom. The van der Waals surface area contributed by atoms with Gasteiger partial charge in [-0.05, 0) is 30.9 Å². The lowest BCUT2D eigenvalue weighted by molar-refractivity contribution is 0.188. The average Bonchev–Trinajstić information content (AvgIpc) is 2.33. The Hall–Kier alpha value is -0.680. The first-order valence-electron chi connectivity index (χ1n) is 5.57. The summed E-state index contributed by atoms with van der Waals surface area (Å²) in [6.45, 7) is 0.677. The maximum atomic E-state index is 13.7. The first-order chi connectivity index (χ1) is 8.19. The lowest BCUT2D eigenvalue weighted by Crippen LogP contribution is -2.37. The molecule has 0 aliphatic heterocycles. The highest BCUT2D eigenvalue weighted by Crippen LogP contribution is 2.19. The Bertz CT molecular complexity index is 349. The molecule has 0 saturated carbocycles. The van der Waals surface area contributed by atoms with Crippen molar-refractivity contribution in [3.8, 4) is 0 Å². The molecule has 1 aromatic rings. The lowest BCUT2D eigenvalue weighted by atomic mass is 10.0. The molecule has 0 bridgehead atoms. The number of hydrogen-bond donors (Lipinski definition) is 2. The zero-order valence-corrected chi connectivity index (χ0v) is 10.6. The lowest BCUT2D eigenvalue weighted by Gasteiger charge is -2.16. The van der Waals surface area contributed by atoms with Crippen molar-refractivity contribution in [2.75, 3.05) is 13.7 Å². The van der Waals surface area contributed by atoms with Gasteiger partial charge in [0.15, 0.2) is 0 Å². The van der Waals surface area contributed by atoms with Crippen molar-refractivity contribution in [3.63, 3.8) is 0 Å². The van der Waals surface area contributed by atoms with E-state index in [1.807, 2.05) is 0 Å². The van der Waals surface area contributed by atoms with Gasteiger partial charge in [0.2, 0.25) is 0 Å². The van der Waals surface area contributed by atoms with E-state index in [0.29, 0.717) is 18.6 Å². The number of nitrogens with two attached hydrogens (primary N) is 1. The van der Waals surface area contributed by atoms with Crippen LogP contribution in [0.3, 0.4) is 0 Å². The molecule has 0 aliphatic rings. The second-order valence-corrected chi connectivity index (χ2v) is 4.32. The molecule has 0 fully saturated rings.